The van der Waals surface area contributed by atoms with Gasteiger partial charge in [-0.3, -0.25) is 0 Å². The molecule has 25 heavy (non-hydrogen) atoms. The predicted octanol–water partition coefficient (Wildman–Crippen LogP) is 6.60. The second kappa shape index (κ2) is 8.41. The first-order chi connectivity index (χ1) is 12.1. The van der Waals surface area contributed by atoms with Crippen LogP contribution < -0.4 is 10.1 Å². The Kier molecular flexibility index (Phi) is 6.00. The smallest absolute Gasteiger partial charge is 0.124 e. The van der Waals surface area contributed by atoms with Gasteiger partial charge in [0.25, 0.3) is 0 Å². The quantitative estimate of drug-likeness (QED) is 0.488. The molecule has 3 aromatic carbocycles. The zero-order chi connectivity index (χ0) is 17.6. The van der Waals surface area contributed by atoms with E-state index in [1.54, 1.807) is 0 Å². The number of benzene rings is 3. The summed E-state index contributed by atoms with van der Waals surface area (Å²) in [5, 5.41) is 4.21. The number of halogens is 2. The van der Waals surface area contributed by atoms with E-state index < -0.39 is 0 Å². The molecule has 0 fully saturated rings. The fourth-order valence-corrected chi connectivity index (χ4v) is 3.24. The minimum Gasteiger partial charge on any atom is -0.488 e. The number of anilines is 1. The Morgan fingerprint density at radius 1 is 0.960 bits per heavy atom. The van der Waals surface area contributed by atoms with Crippen molar-refractivity contribution in [2.24, 2.45) is 0 Å². The maximum absolute atomic E-state index is 6.21. The first-order valence-electron chi connectivity index (χ1n) is 8.07. The molecule has 0 aliphatic heterocycles. The van der Waals surface area contributed by atoms with Crippen molar-refractivity contribution >= 4 is 33.2 Å². The Labute approximate surface area is 161 Å². The molecule has 0 saturated carbocycles. The van der Waals surface area contributed by atoms with Gasteiger partial charge >= 0.3 is 0 Å². The summed E-state index contributed by atoms with van der Waals surface area (Å²) < 4.78 is 7.09. The van der Waals surface area contributed by atoms with Gasteiger partial charge in [0.15, 0.2) is 0 Å². The van der Waals surface area contributed by atoms with Gasteiger partial charge in [-0.25, -0.2) is 0 Å². The molecule has 128 valence electrons. The van der Waals surface area contributed by atoms with Gasteiger partial charge in [0, 0.05) is 32.9 Å². The van der Waals surface area contributed by atoms with Gasteiger partial charge in [-0.2, -0.15) is 0 Å². The zero-order valence-electron chi connectivity index (χ0n) is 13.9. The minimum atomic E-state index is 0.452. The molecule has 3 rings (SSSR count). The van der Waals surface area contributed by atoms with Crippen molar-refractivity contribution in [2.45, 2.75) is 20.1 Å². The van der Waals surface area contributed by atoms with Crippen molar-refractivity contribution in [3.05, 3.63) is 92.9 Å². The molecule has 0 aliphatic carbocycles. The summed E-state index contributed by atoms with van der Waals surface area (Å²) in [4.78, 5) is 0. The third kappa shape index (κ3) is 4.77. The Bertz CT molecular complexity index is 866. The summed E-state index contributed by atoms with van der Waals surface area (Å²) in [7, 11) is 0. The lowest BCUT2D eigenvalue weighted by Gasteiger charge is -2.14. The van der Waals surface area contributed by atoms with Crippen LogP contribution in [0.2, 0.25) is 5.02 Å². The second-order valence-corrected chi connectivity index (χ2v) is 7.12. The Morgan fingerprint density at radius 3 is 2.44 bits per heavy atom. The van der Waals surface area contributed by atoms with Gasteiger partial charge in [0.05, 0.1) is 0 Å². The van der Waals surface area contributed by atoms with Gasteiger partial charge in [0.1, 0.15) is 12.4 Å². The summed E-state index contributed by atoms with van der Waals surface area (Å²) >= 11 is 9.70. The summed E-state index contributed by atoms with van der Waals surface area (Å²) in [5.74, 6) is 0.865. The fraction of sp³-hybridized carbons (Fsp3) is 0.143. The van der Waals surface area contributed by atoms with Gasteiger partial charge in [-0.15, -0.1) is 0 Å². The Morgan fingerprint density at radius 2 is 1.68 bits per heavy atom. The number of hydrogen-bond acceptors (Lipinski definition) is 2. The highest BCUT2D eigenvalue weighted by Gasteiger charge is 2.06. The zero-order valence-corrected chi connectivity index (χ0v) is 16.3. The summed E-state index contributed by atoms with van der Waals surface area (Å²) in [6.45, 7) is 3.24. The normalized spacial score (nSPS) is 10.5. The summed E-state index contributed by atoms with van der Waals surface area (Å²) in [5.41, 5.74) is 4.40. The van der Waals surface area contributed by atoms with Gasteiger partial charge < -0.3 is 10.1 Å². The average Bonchev–Trinajstić information content (AvgIpc) is 2.61. The van der Waals surface area contributed by atoms with Crippen molar-refractivity contribution in [1.29, 1.82) is 0 Å². The molecule has 0 aliphatic rings. The first-order valence-corrected chi connectivity index (χ1v) is 9.25. The largest absolute Gasteiger partial charge is 0.488 e. The van der Waals surface area contributed by atoms with E-state index in [4.69, 9.17) is 16.3 Å². The van der Waals surface area contributed by atoms with E-state index in [0.717, 1.165) is 32.1 Å². The van der Waals surface area contributed by atoms with Crippen LogP contribution in [0.25, 0.3) is 0 Å². The van der Waals surface area contributed by atoms with Gasteiger partial charge in [-0.05, 0) is 42.8 Å². The van der Waals surface area contributed by atoms with E-state index in [-0.39, 0.29) is 0 Å². The van der Waals surface area contributed by atoms with Crippen LogP contribution in [0.15, 0.2) is 71.2 Å². The van der Waals surface area contributed by atoms with Crippen molar-refractivity contribution in [3.8, 4) is 5.75 Å². The molecule has 0 saturated heterocycles. The maximum Gasteiger partial charge on any atom is 0.124 e. The van der Waals surface area contributed by atoms with Crippen LogP contribution in [0, 0.1) is 6.92 Å². The van der Waals surface area contributed by atoms with E-state index >= 15 is 0 Å². The molecule has 1 N–H and O–H groups in total. The van der Waals surface area contributed by atoms with E-state index in [0.29, 0.717) is 13.2 Å². The molecular formula is C21H19BrClNO. The predicted molar refractivity (Wildman–Crippen MR) is 108 cm³/mol. The monoisotopic (exact) mass is 415 g/mol. The SMILES string of the molecule is Cc1cc(Br)ccc1NCc1ccccc1OCc1ccccc1Cl. The van der Waals surface area contributed by atoms with Crippen molar-refractivity contribution in [2.75, 3.05) is 5.32 Å². The van der Waals surface area contributed by atoms with Crippen LogP contribution in [0.5, 0.6) is 5.75 Å². The third-order valence-electron chi connectivity index (χ3n) is 3.97. The van der Waals surface area contributed by atoms with Crippen LogP contribution >= 0.6 is 27.5 Å². The molecule has 0 radical (unpaired) electrons. The van der Waals surface area contributed by atoms with Crippen molar-refractivity contribution < 1.29 is 4.74 Å². The molecule has 0 unspecified atom stereocenters. The molecule has 3 aromatic rings. The molecule has 0 amide bonds. The second-order valence-electron chi connectivity index (χ2n) is 5.80. The molecule has 4 heteroatoms. The lowest BCUT2D eigenvalue weighted by atomic mass is 10.1. The lowest BCUT2D eigenvalue weighted by Crippen LogP contribution is -2.04. The molecule has 0 bridgehead atoms. The maximum atomic E-state index is 6.21. The van der Waals surface area contributed by atoms with E-state index in [9.17, 15) is 0 Å². The van der Waals surface area contributed by atoms with Crippen LogP contribution in [-0.2, 0) is 13.2 Å². The molecular weight excluding hydrogens is 398 g/mol. The van der Waals surface area contributed by atoms with Gasteiger partial charge in [0.2, 0.25) is 0 Å². The summed E-state index contributed by atoms with van der Waals surface area (Å²) in [6.07, 6.45) is 0. The molecule has 0 atom stereocenters. The number of aryl methyl sites for hydroxylation is 1. The van der Waals surface area contributed by atoms with Crippen LogP contribution in [0.4, 0.5) is 5.69 Å². The number of para-hydroxylation sites is 1. The molecule has 0 aromatic heterocycles. The number of rotatable bonds is 6. The van der Waals surface area contributed by atoms with Crippen molar-refractivity contribution in [3.63, 3.8) is 0 Å². The average molecular weight is 417 g/mol. The standard InChI is InChI=1S/C21H19BrClNO/c1-15-12-18(22)10-11-20(15)24-13-16-6-3-5-9-21(16)25-14-17-7-2-4-8-19(17)23/h2-12,24H,13-14H2,1H3. The third-order valence-corrected chi connectivity index (χ3v) is 4.83. The number of ether oxygens (including phenoxy) is 1. The van der Waals surface area contributed by atoms with Crippen LogP contribution in [0.3, 0.4) is 0 Å². The molecule has 0 heterocycles. The Hall–Kier alpha value is -1.97. The first kappa shape index (κ1) is 17.8. The fourth-order valence-electron chi connectivity index (χ4n) is 2.58. The van der Waals surface area contributed by atoms with Gasteiger partial charge in [-0.1, -0.05) is 63.9 Å². The number of hydrogen-bond donors (Lipinski definition) is 1. The topological polar surface area (TPSA) is 21.3 Å². The van der Waals surface area contributed by atoms with E-state index in [1.165, 1.54) is 5.56 Å². The Balaban J connectivity index is 1.69. The molecule has 2 nitrogen and oxygen atoms in total. The van der Waals surface area contributed by atoms with E-state index in [2.05, 4.69) is 46.4 Å². The summed E-state index contributed by atoms with van der Waals surface area (Å²) in [6, 6.07) is 22.0. The minimum absolute atomic E-state index is 0.452. The highest BCUT2D eigenvalue weighted by molar-refractivity contribution is 9.10. The molecule has 0 spiro atoms. The highest BCUT2D eigenvalue weighted by Crippen LogP contribution is 2.25. The van der Waals surface area contributed by atoms with Crippen LogP contribution in [-0.4, -0.2) is 0 Å². The van der Waals surface area contributed by atoms with E-state index in [1.807, 2.05) is 48.5 Å². The van der Waals surface area contributed by atoms with Crippen molar-refractivity contribution in [1.82, 2.24) is 0 Å². The number of nitrogens with one attached hydrogen (secondary N) is 1. The lowest BCUT2D eigenvalue weighted by molar-refractivity contribution is 0.303. The highest BCUT2D eigenvalue weighted by atomic mass is 79.9. The van der Waals surface area contributed by atoms with Crippen LogP contribution in [0.1, 0.15) is 16.7 Å².